The molecule has 24 heavy (non-hydrogen) atoms. The SMILES string of the molecule is COc1cccc(N2C(=O)CSC23CCN(C(=O)C2CC2)CC3)c1. The number of methoxy groups -OCH3 is 1. The Morgan fingerprint density at radius 3 is 2.71 bits per heavy atom. The number of benzene rings is 1. The molecule has 1 aromatic carbocycles. The predicted molar refractivity (Wildman–Crippen MR) is 94.2 cm³/mol. The lowest BCUT2D eigenvalue weighted by atomic mass is 10.0. The Morgan fingerprint density at radius 2 is 2.04 bits per heavy atom. The van der Waals surface area contributed by atoms with Crippen molar-refractivity contribution in [3.05, 3.63) is 24.3 Å². The Morgan fingerprint density at radius 1 is 1.29 bits per heavy atom. The van der Waals surface area contributed by atoms with Crippen LogP contribution >= 0.6 is 11.8 Å². The monoisotopic (exact) mass is 346 g/mol. The van der Waals surface area contributed by atoms with Crippen LogP contribution in [0.4, 0.5) is 5.69 Å². The predicted octanol–water partition coefficient (Wildman–Crippen LogP) is 2.50. The maximum absolute atomic E-state index is 12.6. The fourth-order valence-electron chi connectivity index (χ4n) is 3.71. The average Bonchev–Trinajstić information content (AvgIpc) is 3.41. The van der Waals surface area contributed by atoms with Gasteiger partial charge < -0.3 is 9.64 Å². The summed E-state index contributed by atoms with van der Waals surface area (Å²) in [4.78, 5) is 28.6. The summed E-state index contributed by atoms with van der Waals surface area (Å²) in [6.45, 7) is 1.49. The molecule has 2 heterocycles. The Hall–Kier alpha value is -1.69. The Labute approximate surface area is 146 Å². The summed E-state index contributed by atoms with van der Waals surface area (Å²) in [5.74, 6) is 2.00. The molecule has 3 aliphatic rings. The van der Waals surface area contributed by atoms with Gasteiger partial charge in [-0.05, 0) is 37.8 Å². The van der Waals surface area contributed by atoms with Crippen LogP contribution in [0.25, 0.3) is 0 Å². The van der Waals surface area contributed by atoms with Crippen LogP contribution in [-0.2, 0) is 9.59 Å². The number of thioether (sulfide) groups is 1. The molecule has 2 amide bonds. The minimum atomic E-state index is -0.218. The van der Waals surface area contributed by atoms with E-state index in [1.54, 1.807) is 18.9 Å². The molecule has 0 N–H and O–H groups in total. The number of hydrogen-bond acceptors (Lipinski definition) is 4. The number of carbonyl (C=O) groups is 2. The maximum Gasteiger partial charge on any atom is 0.238 e. The third kappa shape index (κ3) is 2.66. The summed E-state index contributed by atoms with van der Waals surface area (Å²) in [6.07, 6.45) is 3.76. The first-order valence-electron chi connectivity index (χ1n) is 8.53. The highest BCUT2D eigenvalue weighted by Gasteiger charge is 2.49. The van der Waals surface area contributed by atoms with Gasteiger partial charge >= 0.3 is 0 Å². The molecule has 0 unspecified atom stereocenters. The van der Waals surface area contributed by atoms with E-state index >= 15 is 0 Å². The third-order valence-corrected chi connectivity index (χ3v) is 6.74. The van der Waals surface area contributed by atoms with Crippen LogP contribution in [0.2, 0.25) is 0 Å². The summed E-state index contributed by atoms with van der Waals surface area (Å²) >= 11 is 1.73. The molecule has 6 heteroatoms. The van der Waals surface area contributed by atoms with Gasteiger partial charge in [0, 0.05) is 30.8 Å². The van der Waals surface area contributed by atoms with E-state index in [2.05, 4.69) is 0 Å². The molecular weight excluding hydrogens is 324 g/mol. The van der Waals surface area contributed by atoms with E-state index in [1.807, 2.05) is 34.1 Å². The number of likely N-dealkylation sites (tertiary alicyclic amines) is 1. The molecular formula is C18H22N2O3S. The van der Waals surface area contributed by atoms with Gasteiger partial charge in [0.1, 0.15) is 5.75 Å². The molecule has 1 saturated carbocycles. The Kier molecular flexibility index (Phi) is 3.95. The van der Waals surface area contributed by atoms with Crippen molar-refractivity contribution >= 4 is 29.3 Å². The molecule has 1 aliphatic carbocycles. The summed E-state index contributed by atoms with van der Waals surface area (Å²) in [7, 11) is 1.64. The number of anilines is 1. The van der Waals surface area contributed by atoms with E-state index in [4.69, 9.17) is 4.74 Å². The van der Waals surface area contributed by atoms with Crippen LogP contribution in [0.5, 0.6) is 5.75 Å². The highest BCUT2D eigenvalue weighted by molar-refractivity contribution is 8.02. The van der Waals surface area contributed by atoms with E-state index in [-0.39, 0.29) is 16.7 Å². The minimum absolute atomic E-state index is 0.148. The van der Waals surface area contributed by atoms with E-state index < -0.39 is 0 Å². The summed E-state index contributed by atoms with van der Waals surface area (Å²) in [5, 5.41) is 0. The van der Waals surface area contributed by atoms with Crippen LogP contribution in [0.1, 0.15) is 25.7 Å². The lowest BCUT2D eigenvalue weighted by Crippen LogP contribution is -2.53. The summed E-state index contributed by atoms with van der Waals surface area (Å²) < 4.78 is 5.31. The van der Waals surface area contributed by atoms with Crippen molar-refractivity contribution in [1.29, 1.82) is 0 Å². The maximum atomic E-state index is 12.6. The van der Waals surface area contributed by atoms with Crippen LogP contribution < -0.4 is 9.64 Å². The van der Waals surface area contributed by atoms with Crippen molar-refractivity contribution in [2.24, 2.45) is 5.92 Å². The Balaban J connectivity index is 1.55. The van der Waals surface area contributed by atoms with Gasteiger partial charge in [0.2, 0.25) is 11.8 Å². The summed E-state index contributed by atoms with van der Waals surface area (Å²) in [5.41, 5.74) is 0.895. The van der Waals surface area contributed by atoms with Crippen LogP contribution in [0.3, 0.4) is 0 Å². The molecule has 3 fully saturated rings. The van der Waals surface area contributed by atoms with Crippen molar-refractivity contribution in [2.45, 2.75) is 30.6 Å². The van der Waals surface area contributed by atoms with Crippen LogP contribution in [0.15, 0.2) is 24.3 Å². The average molecular weight is 346 g/mol. The molecule has 0 aromatic heterocycles. The quantitative estimate of drug-likeness (QED) is 0.844. The van der Waals surface area contributed by atoms with Crippen molar-refractivity contribution in [1.82, 2.24) is 4.90 Å². The number of ether oxygens (including phenoxy) is 1. The lowest BCUT2D eigenvalue weighted by Gasteiger charge is -2.44. The van der Waals surface area contributed by atoms with Gasteiger partial charge in [0.05, 0.1) is 17.7 Å². The van der Waals surface area contributed by atoms with Crippen LogP contribution in [0, 0.1) is 5.92 Å². The van der Waals surface area contributed by atoms with Crippen molar-refractivity contribution < 1.29 is 14.3 Å². The van der Waals surface area contributed by atoms with Gasteiger partial charge in [0.15, 0.2) is 0 Å². The Bertz CT molecular complexity index is 666. The number of carbonyl (C=O) groups excluding carboxylic acids is 2. The fraction of sp³-hybridized carbons (Fsp3) is 0.556. The normalized spacial score (nSPS) is 23.0. The second kappa shape index (κ2) is 5.99. The zero-order valence-electron chi connectivity index (χ0n) is 13.9. The van der Waals surface area contributed by atoms with E-state index in [0.717, 1.165) is 50.2 Å². The van der Waals surface area contributed by atoms with Crippen molar-refractivity contribution in [3.63, 3.8) is 0 Å². The smallest absolute Gasteiger partial charge is 0.238 e. The standard InChI is InChI=1S/C18H22N2O3S/c1-23-15-4-2-3-14(11-15)20-16(21)12-24-18(20)7-9-19(10-8-18)17(22)13-5-6-13/h2-4,11,13H,5-10,12H2,1H3. The second-order valence-corrected chi connectivity index (χ2v) is 8.10. The zero-order chi connectivity index (χ0) is 16.7. The number of rotatable bonds is 3. The topological polar surface area (TPSA) is 49.9 Å². The van der Waals surface area contributed by atoms with Gasteiger partial charge in [-0.1, -0.05) is 6.07 Å². The number of nitrogens with zero attached hydrogens (tertiary/aromatic N) is 2. The molecule has 0 atom stereocenters. The van der Waals surface area contributed by atoms with E-state index in [1.165, 1.54) is 0 Å². The van der Waals surface area contributed by atoms with Gasteiger partial charge in [0.25, 0.3) is 0 Å². The van der Waals surface area contributed by atoms with Gasteiger partial charge in [-0.25, -0.2) is 0 Å². The van der Waals surface area contributed by atoms with Crippen molar-refractivity contribution in [2.75, 3.05) is 30.9 Å². The molecule has 128 valence electrons. The number of hydrogen-bond donors (Lipinski definition) is 0. The largest absolute Gasteiger partial charge is 0.497 e. The molecule has 1 spiro atoms. The number of piperidine rings is 1. The minimum Gasteiger partial charge on any atom is -0.497 e. The van der Waals surface area contributed by atoms with Crippen molar-refractivity contribution in [3.8, 4) is 5.75 Å². The van der Waals surface area contributed by atoms with E-state index in [0.29, 0.717) is 11.7 Å². The first-order valence-corrected chi connectivity index (χ1v) is 9.51. The third-order valence-electron chi connectivity index (χ3n) is 5.22. The van der Waals surface area contributed by atoms with Gasteiger partial charge in [-0.2, -0.15) is 0 Å². The van der Waals surface area contributed by atoms with Gasteiger partial charge in [-0.15, -0.1) is 11.8 Å². The highest BCUT2D eigenvalue weighted by Crippen LogP contribution is 2.47. The molecule has 5 nitrogen and oxygen atoms in total. The molecule has 4 rings (SSSR count). The molecule has 1 aromatic rings. The first kappa shape index (κ1) is 15.8. The molecule has 2 aliphatic heterocycles. The molecule has 0 radical (unpaired) electrons. The fourth-order valence-corrected chi connectivity index (χ4v) is 5.04. The highest BCUT2D eigenvalue weighted by atomic mass is 32.2. The van der Waals surface area contributed by atoms with E-state index in [9.17, 15) is 9.59 Å². The molecule has 2 saturated heterocycles. The molecule has 0 bridgehead atoms. The lowest BCUT2D eigenvalue weighted by molar-refractivity contribution is -0.133. The number of amides is 2. The van der Waals surface area contributed by atoms with Gasteiger partial charge in [-0.3, -0.25) is 14.5 Å². The van der Waals surface area contributed by atoms with Crippen LogP contribution in [-0.4, -0.2) is 47.5 Å². The first-order chi connectivity index (χ1) is 11.6. The summed E-state index contributed by atoms with van der Waals surface area (Å²) in [6, 6.07) is 7.70. The zero-order valence-corrected chi connectivity index (χ0v) is 14.7. The second-order valence-electron chi connectivity index (χ2n) is 6.77.